The zero-order valence-electron chi connectivity index (χ0n) is 11.9. The van der Waals surface area contributed by atoms with E-state index >= 15 is 0 Å². The summed E-state index contributed by atoms with van der Waals surface area (Å²) in [5.74, 6) is -0.629. The molecule has 0 aliphatic carbocycles. The van der Waals surface area contributed by atoms with Crippen molar-refractivity contribution in [3.05, 3.63) is 24.0 Å². The first-order chi connectivity index (χ1) is 9.61. The highest BCUT2D eigenvalue weighted by molar-refractivity contribution is 5.93. The standard InChI is InChI=1S/C14H19N3O3.ClH/c1-2-20-14(19)10-4-3-7-17(9-10)13(18)12-6-5-11(15)8-16-12;/h5-6,8,10H,2-4,7,9,15H2,1H3;1H. The predicted molar refractivity (Wildman–Crippen MR) is 81.2 cm³/mol. The van der Waals surface area contributed by atoms with Gasteiger partial charge in [0.2, 0.25) is 0 Å². The minimum absolute atomic E-state index is 0. The minimum Gasteiger partial charge on any atom is -0.466 e. The van der Waals surface area contributed by atoms with E-state index in [-0.39, 0.29) is 30.2 Å². The lowest BCUT2D eigenvalue weighted by molar-refractivity contribution is -0.149. The van der Waals surface area contributed by atoms with Crippen molar-refractivity contribution >= 4 is 30.0 Å². The topological polar surface area (TPSA) is 85.5 Å². The number of nitrogen functional groups attached to an aromatic ring is 1. The largest absolute Gasteiger partial charge is 0.466 e. The molecule has 1 atom stereocenters. The molecule has 0 spiro atoms. The fourth-order valence-corrected chi connectivity index (χ4v) is 2.31. The Labute approximate surface area is 130 Å². The van der Waals surface area contributed by atoms with E-state index in [2.05, 4.69) is 4.98 Å². The van der Waals surface area contributed by atoms with Crippen LogP contribution in [0, 0.1) is 5.92 Å². The Balaban J connectivity index is 0.00000220. The number of hydrogen-bond donors (Lipinski definition) is 1. The summed E-state index contributed by atoms with van der Waals surface area (Å²) in [4.78, 5) is 29.7. The van der Waals surface area contributed by atoms with Crippen molar-refractivity contribution in [2.24, 2.45) is 5.92 Å². The van der Waals surface area contributed by atoms with E-state index in [9.17, 15) is 9.59 Å². The summed E-state index contributed by atoms with van der Waals surface area (Å²) in [6.07, 6.45) is 3.02. The number of nitrogens with two attached hydrogens (primary N) is 1. The monoisotopic (exact) mass is 313 g/mol. The Morgan fingerprint density at radius 3 is 2.86 bits per heavy atom. The average molecular weight is 314 g/mol. The highest BCUT2D eigenvalue weighted by Gasteiger charge is 2.30. The molecule has 21 heavy (non-hydrogen) atoms. The van der Waals surface area contributed by atoms with Gasteiger partial charge in [-0.1, -0.05) is 0 Å². The van der Waals surface area contributed by atoms with Crippen molar-refractivity contribution in [3.8, 4) is 0 Å². The fraction of sp³-hybridized carbons (Fsp3) is 0.500. The van der Waals surface area contributed by atoms with Gasteiger partial charge >= 0.3 is 5.97 Å². The summed E-state index contributed by atoms with van der Waals surface area (Å²) >= 11 is 0. The Morgan fingerprint density at radius 2 is 2.24 bits per heavy atom. The number of carbonyl (C=O) groups is 2. The SMILES string of the molecule is CCOC(=O)C1CCCN(C(=O)c2ccc(N)cn2)C1.Cl. The summed E-state index contributed by atoms with van der Waals surface area (Å²) in [7, 11) is 0. The van der Waals surface area contributed by atoms with E-state index in [4.69, 9.17) is 10.5 Å². The molecule has 1 aromatic rings. The first-order valence-corrected chi connectivity index (χ1v) is 6.79. The summed E-state index contributed by atoms with van der Waals surface area (Å²) in [6.45, 7) is 3.18. The highest BCUT2D eigenvalue weighted by Crippen LogP contribution is 2.19. The molecule has 2 heterocycles. The van der Waals surface area contributed by atoms with Crippen LogP contribution in [0.3, 0.4) is 0 Å². The zero-order valence-corrected chi connectivity index (χ0v) is 12.8. The number of aromatic nitrogens is 1. The van der Waals surface area contributed by atoms with Gasteiger partial charge in [0.05, 0.1) is 24.4 Å². The number of piperidine rings is 1. The molecule has 0 radical (unpaired) electrons. The molecule has 1 aliphatic heterocycles. The maximum atomic E-state index is 12.3. The number of halogens is 1. The van der Waals surface area contributed by atoms with Crippen molar-refractivity contribution in [2.45, 2.75) is 19.8 Å². The van der Waals surface area contributed by atoms with Gasteiger partial charge in [-0.2, -0.15) is 0 Å². The van der Waals surface area contributed by atoms with Crippen LogP contribution in [0.1, 0.15) is 30.3 Å². The maximum absolute atomic E-state index is 12.3. The van der Waals surface area contributed by atoms with E-state index in [0.29, 0.717) is 31.1 Å². The lowest BCUT2D eigenvalue weighted by Crippen LogP contribution is -2.43. The van der Waals surface area contributed by atoms with E-state index in [1.54, 1.807) is 24.0 Å². The van der Waals surface area contributed by atoms with Crippen molar-refractivity contribution in [1.29, 1.82) is 0 Å². The molecule has 1 aliphatic rings. The van der Waals surface area contributed by atoms with Crippen LogP contribution in [0.5, 0.6) is 0 Å². The van der Waals surface area contributed by atoms with Crippen LogP contribution in [0.4, 0.5) is 5.69 Å². The number of hydrogen-bond acceptors (Lipinski definition) is 5. The van der Waals surface area contributed by atoms with Crippen molar-refractivity contribution in [1.82, 2.24) is 9.88 Å². The second kappa shape index (κ2) is 7.83. The van der Waals surface area contributed by atoms with Crippen molar-refractivity contribution < 1.29 is 14.3 Å². The first-order valence-electron chi connectivity index (χ1n) is 6.79. The Hall–Kier alpha value is -1.82. The van der Waals surface area contributed by atoms with Crippen LogP contribution < -0.4 is 5.73 Å². The number of carbonyl (C=O) groups excluding carboxylic acids is 2. The van der Waals surface area contributed by atoms with Gasteiger partial charge in [-0.15, -0.1) is 12.4 Å². The second-order valence-electron chi connectivity index (χ2n) is 4.82. The van der Waals surface area contributed by atoms with Crippen LogP contribution in [-0.2, 0) is 9.53 Å². The number of nitrogens with zero attached hydrogens (tertiary/aromatic N) is 2. The Bertz CT molecular complexity index is 493. The molecule has 2 rings (SSSR count). The number of anilines is 1. The number of amides is 1. The van der Waals surface area contributed by atoms with E-state index < -0.39 is 0 Å². The number of pyridine rings is 1. The number of ether oxygens (including phenoxy) is 1. The number of rotatable bonds is 3. The molecular weight excluding hydrogens is 294 g/mol. The molecule has 6 nitrogen and oxygen atoms in total. The summed E-state index contributed by atoms with van der Waals surface area (Å²) in [5, 5.41) is 0. The molecule has 1 amide bonds. The van der Waals surface area contributed by atoms with Gasteiger partial charge in [0.25, 0.3) is 5.91 Å². The third-order valence-corrected chi connectivity index (χ3v) is 3.33. The van der Waals surface area contributed by atoms with Gasteiger partial charge in [0.1, 0.15) is 5.69 Å². The van der Waals surface area contributed by atoms with Crippen LogP contribution in [0.25, 0.3) is 0 Å². The molecule has 0 aromatic carbocycles. The summed E-state index contributed by atoms with van der Waals surface area (Å²) in [6, 6.07) is 3.25. The Morgan fingerprint density at radius 1 is 1.48 bits per heavy atom. The molecule has 0 saturated carbocycles. The van der Waals surface area contributed by atoms with E-state index in [0.717, 1.165) is 12.8 Å². The molecule has 1 fully saturated rings. The smallest absolute Gasteiger partial charge is 0.310 e. The van der Waals surface area contributed by atoms with E-state index in [1.165, 1.54) is 6.20 Å². The molecule has 1 saturated heterocycles. The molecule has 116 valence electrons. The summed E-state index contributed by atoms with van der Waals surface area (Å²) in [5.41, 5.74) is 6.42. The lowest BCUT2D eigenvalue weighted by atomic mass is 9.98. The number of esters is 1. The zero-order chi connectivity index (χ0) is 14.5. The van der Waals surface area contributed by atoms with Gasteiger partial charge in [0, 0.05) is 13.1 Å². The van der Waals surface area contributed by atoms with E-state index in [1.807, 2.05) is 0 Å². The van der Waals surface area contributed by atoms with Crippen LogP contribution >= 0.6 is 12.4 Å². The van der Waals surface area contributed by atoms with Gasteiger partial charge in [0.15, 0.2) is 0 Å². The van der Waals surface area contributed by atoms with Gasteiger partial charge in [-0.05, 0) is 31.9 Å². The quantitative estimate of drug-likeness (QED) is 0.855. The third-order valence-electron chi connectivity index (χ3n) is 3.33. The molecular formula is C14H20ClN3O3. The van der Waals surface area contributed by atoms with Crippen LogP contribution in [0.2, 0.25) is 0 Å². The number of likely N-dealkylation sites (tertiary alicyclic amines) is 1. The lowest BCUT2D eigenvalue weighted by Gasteiger charge is -2.31. The van der Waals surface area contributed by atoms with Crippen LogP contribution in [-0.4, -0.2) is 41.5 Å². The molecule has 2 N–H and O–H groups in total. The van der Waals surface area contributed by atoms with Crippen molar-refractivity contribution in [2.75, 3.05) is 25.4 Å². The fourth-order valence-electron chi connectivity index (χ4n) is 2.31. The van der Waals surface area contributed by atoms with Gasteiger partial charge < -0.3 is 15.4 Å². The maximum Gasteiger partial charge on any atom is 0.310 e. The van der Waals surface area contributed by atoms with Gasteiger partial charge in [-0.25, -0.2) is 4.98 Å². The normalized spacial score (nSPS) is 17.8. The first kappa shape index (κ1) is 17.2. The third kappa shape index (κ3) is 4.32. The average Bonchev–Trinajstić information content (AvgIpc) is 2.48. The molecule has 0 bridgehead atoms. The predicted octanol–water partition coefficient (Wildman–Crippen LogP) is 1.50. The molecule has 1 unspecified atom stereocenters. The summed E-state index contributed by atoms with van der Waals surface area (Å²) < 4.78 is 5.02. The van der Waals surface area contributed by atoms with Gasteiger partial charge in [-0.3, -0.25) is 9.59 Å². The highest BCUT2D eigenvalue weighted by atomic mass is 35.5. The van der Waals surface area contributed by atoms with Crippen molar-refractivity contribution in [3.63, 3.8) is 0 Å². The Kier molecular flexibility index (Phi) is 6.42. The molecule has 1 aromatic heterocycles. The molecule has 7 heteroatoms. The van der Waals surface area contributed by atoms with Crippen LogP contribution in [0.15, 0.2) is 18.3 Å². The second-order valence-corrected chi connectivity index (χ2v) is 4.82. The minimum atomic E-state index is -0.235.